The Labute approximate surface area is 236 Å². The number of nitrogens with zero attached hydrogens (tertiary/aromatic N) is 1. The molecule has 40 heavy (non-hydrogen) atoms. The molecule has 0 aliphatic rings. The fourth-order valence-electron chi connectivity index (χ4n) is 3.57. The highest BCUT2D eigenvalue weighted by Crippen LogP contribution is 2.25. The molecule has 0 fully saturated rings. The van der Waals surface area contributed by atoms with Crippen LogP contribution in [0.5, 0.6) is 11.5 Å². The van der Waals surface area contributed by atoms with Gasteiger partial charge in [-0.1, -0.05) is 38.1 Å². The van der Waals surface area contributed by atoms with E-state index in [0.29, 0.717) is 50.1 Å². The number of anilines is 1. The van der Waals surface area contributed by atoms with Gasteiger partial charge in [-0.25, -0.2) is 4.79 Å². The average Bonchev–Trinajstić information content (AvgIpc) is 2.98. The van der Waals surface area contributed by atoms with Crippen molar-refractivity contribution in [1.29, 1.82) is 0 Å². The van der Waals surface area contributed by atoms with E-state index in [1.54, 1.807) is 36.4 Å². The van der Waals surface area contributed by atoms with E-state index in [2.05, 4.69) is 29.2 Å². The van der Waals surface area contributed by atoms with Crippen LogP contribution >= 0.6 is 0 Å². The highest BCUT2D eigenvalue weighted by Gasteiger charge is 2.11. The van der Waals surface area contributed by atoms with Crippen molar-refractivity contribution < 1.29 is 33.3 Å². The predicted octanol–water partition coefficient (Wildman–Crippen LogP) is 5.64. The summed E-state index contributed by atoms with van der Waals surface area (Å²) in [7, 11) is 4.02. The maximum absolute atomic E-state index is 12.6. The van der Waals surface area contributed by atoms with E-state index >= 15 is 0 Å². The lowest BCUT2D eigenvalue weighted by Crippen LogP contribution is -2.18. The van der Waals surface area contributed by atoms with E-state index in [9.17, 15) is 9.59 Å². The SMILES string of the molecule is CCC(C)C(=O)OCCOCCOCCOc1ccc(C(=O)Oc2ccc(-c3ccc(N(C)C)cc3)cc2)cc1. The number of hydrogen-bond acceptors (Lipinski definition) is 8. The second-order valence-corrected chi connectivity index (χ2v) is 9.43. The predicted molar refractivity (Wildman–Crippen MR) is 155 cm³/mol. The molecule has 0 amide bonds. The molecular formula is C32H39NO7. The molecule has 3 aromatic carbocycles. The zero-order valence-electron chi connectivity index (χ0n) is 23.8. The molecule has 0 aliphatic carbocycles. The quantitative estimate of drug-likeness (QED) is 0.129. The highest BCUT2D eigenvalue weighted by atomic mass is 16.6. The van der Waals surface area contributed by atoms with Crippen LogP contribution in [0.15, 0.2) is 72.8 Å². The van der Waals surface area contributed by atoms with Gasteiger partial charge in [0.25, 0.3) is 0 Å². The minimum atomic E-state index is -0.437. The van der Waals surface area contributed by atoms with Gasteiger partial charge in [0.2, 0.25) is 0 Å². The van der Waals surface area contributed by atoms with Crippen molar-refractivity contribution in [3.05, 3.63) is 78.4 Å². The van der Waals surface area contributed by atoms with Crippen molar-refractivity contribution in [3.63, 3.8) is 0 Å². The van der Waals surface area contributed by atoms with Gasteiger partial charge in [-0.15, -0.1) is 0 Å². The summed E-state index contributed by atoms with van der Waals surface area (Å²) in [6.07, 6.45) is 0.760. The van der Waals surface area contributed by atoms with Crippen molar-refractivity contribution in [3.8, 4) is 22.6 Å². The summed E-state index contributed by atoms with van der Waals surface area (Å²) in [5.74, 6) is 0.385. The lowest BCUT2D eigenvalue weighted by atomic mass is 10.1. The Bertz CT molecular complexity index is 1180. The molecule has 8 nitrogen and oxygen atoms in total. The van der Waals surface area contributed by atoms with Crippen LogP contribution in [-0.4, -0.2) is 65.7 Å². The van der Waals surface area contributed by atoms with E-state index < -0.39 is 5.97 Å². The summed E-state index contributed by atoms with van der Waals surface area (Å²) in [4.78, 5) is 26.2. The lowest BCUT2D eigenvalue weighted by molar-refractivity contribution is -0.149. The first kappa shape index (κ1) is 30.7. The van der Waals surface area contributed by atoms with Crippen LogP contribution in [0.4, 0.5) is 5.69 Å². The molecule has 0 saturated carbocycles. The Morgan fingerprint density at radius 3 is 1.80 bits per heavy atom. The van der Waals surface area contributed by atoms with Gasteiger partial charge in [0, 0.05) is 19.8 Å². The van der Waals surface area contributed by atoms with Gasteiger partial charge in [0.15, 0.2) is 0 Å². The summed E-state index contributed by atoms with van der Waals surface area (Å²) in [6.45, 7) is 5.95. The molecule has 0 aromatic heterocycles. The van der Waals surface area contributed by atoms with E-state index in [1.807, 2.05) is 40.1 Å². The first-order chi connectivity index (χ1) is 19.4. The summed E-state index contributed by atoms with van der Waals surface area (Å²) < 4.78 is 27.2. The van der Waals surface area contributed by atoms with Crippen molar-refractivity contribution >= 4 is 17.6 Å². The molecule has 3 aromatic rings. The van der Waals surface area contributed by atoms with Crippen LogP contribution in [-0.2, 0) is 19.0 Å². The molecule has 0 radical (unpaired) electrons. The van der Waals surface area contributed by atoms with Gasteiger partial charge in [-0.2, -0.15) is 0 Å². The van der Waals surface area contributed by atoms with Gasteiger partial charge in [-0.3, -0.25) is 4.79 Å². The fourth-order valence-corrected chi connectivity index (χ4v) is 3.57. The Kier molecular flexibility index (Phi) is 12.5. The average molecular weight is 550 g/mol. The van der Waals surface area contributed by atoms with Crippen LogP contribution < -0.4 is 14.4 Å². The summed E-state index contributed by atoms with van der Waals surface area (Å²) in [5, 5.41) is 0. The van der Waals surface area contributed by atoms with Crippen molar-refractivity contribution in [1.82, 2.24) is 0 Å². The topological polar surface area (TPSA) is 83.5 Å². The third-order valence-corrected chi connectivity index (χ3v) is 6.23. The first-order valence-electron chi connectivity index (χ1n) is 13.5. The first-order valence-corrected chi connectivity index (χ1v) is 13.5. The van der Waals surface area contributed by atoms with E-state index in [-0.39, 0.29) is 18.5 Å². The summed E-state index contributed by atoms with van der Waals surface area (Å²) in [6, 6.07) is 22.5. The molecule has 0 spiro atoms. The zero-order chi connectivity index (χ0) is 28.7. The molecule has 0 N–H and O–H groups in total. The van der Waals surface area contributed by atoms with Gasteiger partial charge in [0.05, 0.1) is 37.9 Å². The number of carbonyl (C=O) groups excluding carboxylic acids is 2. The number of esters is 2. The number of benzene rings is 3. The maximum Gasteiger partial charge on any atom is 0.343 e. The molecule has 0 bridgehead atoms. The second kappa shape index (κ2) is 16.3. The van der Waals surface area contributed by atoms with Gasteiger partial charge in [-0.05, 0) is 66.1 Å². The fraction of sp³-hybridized carbons (Fsp3) is 0.375. The van der Waals surface area contributed by atoms with Crippen LogP contribution in [0.25, 0.3) is 11.1 Å². The standard InChI is InChI=1S/C32H39NO7/c1-5-24(2)31(34)39-23-21-37-19-18-36-20-22-38-29-14-10-27(11-15-29)32(35)40-30-16-8-26(9-17-30)25-6-12-28(13-7-25)33(3)4/h6-17,24H,5,18-23H2,1-4H3. The number of carbonyl (C=O) groups is 2. The second-order valence-electron chi connectivity index (χ2n) is 9.43. The van der Waals surface area contributed by atoms with Crippen LogP contribution in [0.3, 0.4) is 0 Å². The van der Waals surface area contributed by atoms with Crippen LogP contribution in [0, 0.1) is 5.92 Å². The minimum absolute atomic E-state index is 0.0884. The van der Waals surface area contributed by atoms with Gasteiger partial charge in [0.1, 0.15) is 24.7 Å². The molecule has 0 aliphatic heterocycles. The maximum atomic E-state index is 12.6. The third-order valence-electron chi connectivity index (χ3n) is 6.23. The molecular weight excluding hydrogens is 510 g/mol. The van der Waals surface area contributed by atoms with Crippen molar-refractivity contribution in [2.24, 2.45) is 5.92 Å². The van der Waals surface area contributed by atoms with E-state index in [4.69, 9.17) is 23.7 Å². The highest BCUT2D eigenvalue weighted by molar-refractivity contribution is 5.91. The molecule has 0 saturated heterocycles. The van der Waals surface area contributed by atoms with E-state index in [1.165, 1.54) is 0 Å². The van der Waals surface area contributed by atoms with E-state index in [0.717, 1.165) is 23.2 Å². The zero-order valence-corrected chi connectivity index (χ0v) is 23.8. The van der Waals surface area contributed by atoms with Crippen LogP contribution in [0.1, 0.15) is 30.6 Å². The Morgan fingerprint density at radius 1 is 0.700 bits per heavy atom. The molecule has 1 atom stereocenters. The molecule has 1 unspecified atom stereocenters. The monoisotopic (exact) mass is 549 g/mol. The third kappa shape index (κ3) is 10.0. The lowest BCUT2D eigenvalue weighted by Gasteiger charge is -2.13. The Morgan fingerprint density at radius 2 is 1.23 bits per heavy atom. The largest absolute Gasteiger partial charge is 0.491 e. The smallest absolute Gasteiger partial charge is 0.343 e. The number of ether oxygens (including phenoxy) is 5. The Balaban J connectivity index is 1.31. The number of rotatable bonds is 16. The molecule has 0 heterocycles. The molecule has 214 valence electrons. The normalized spacial score (nSPS) is 11.5. The van der Waals surface area contributed by atoms with Gasteiger partial charge < -0.3 is 28.6 Å². The molecule has 3 rings (SSSR count). The van der Waals surface area contributed by atoms with Crippen molar-refractivity contribution in [2.45, 2.75) is 20.3 Å². The number of hydrogen-bond donors (Lipinski definition) is 0. The van der Waals surface area contributed by atoms with Crippen LogP contribution in [0.2, 0.25) is 0 Å². The summed E-state index contributed by atoms with van der Waals surface area (Å²) in [5.41, 5.74) is 3.70. The van der Waals surface area contributed by atoms with Crippen molar-refractivity contribution in [2.75, 3.05) is 58.6 Å². The Hall–Kier alpha value is -3.88. The molecule has 8 heteroatoms. The summed E-state index contributed by atoms with van der Waals surface area (Å²) >= 11 is 0. The van der Waals surface area contributed by atoms with Gasteiger partial charge >= 0.3 is 11.9 Å². The minimum Gasteiger partial charge on any atom is -0.491 e.